The SMILES string of the molecule is O=C(c1ccc(Cn2ccnc2)o1)N1C[C@@H](CN2CCCCCC2)[C@@H](CO)C1. The minimum Gasteiger partial charge on any atom is -0.454 e. The molecule has 7 nitrogen and oxygen atoms in total. The van der Waals surface area contributed by atoms with Crippen LogP contribution in [-0.2, 0) is 6.54 Å². The molecular formula is C21H30N4O3. The summed E-state index contributed by atoms with van der Waals surface area (Å²) in [5.74, 6) is 1.51. The van der Waals surface area contributed by atoms with Gasteiger partial charge in [0.05, 0.1) is 12.9 Å². The van der Waals surface area contributed by atoms with Gasteiger partial charge in [0.1, 0.15) is 5.76 Å². The Balaban J connectivity index is 1.37. The molecule has 0 aliphatic carbocycles. The molecule has 0 unspecified atom stereocenters. The highest BCUT2D eigenvalue weighted by Gasteiger charge is 2.36. The summed E-state index contributed by atoms with van der Waals surface area (Å²) in [6.45, 7) is 5.23. The Bertz CT molecular complexity index is 750. The van der Waals surface area contributed by atoms with Crippen molar-refractivity contribution in [2.24, 2.45) is 11.8 Å². The zero-order valence-electron chi connectivity index (χ0n) is 16.4. The molecule has 1 N–H and O–H groups in total. The van der Waals surface area contributed by atoms with Gasteiger partial charge in [0.2, 0.25) is 0 Å². The minimum atomic E-state index is -0.0753. The van der Waals surface area contributed by atoms with E-state index in [0.717, 1.165) is 25.4 Å². The van der Waals surface area contributed by atoms with Gasteiger partial charge >= 0.3 is 0 Å². The summed E-state index contributed by atoms with van der Waals surface area (Å²) in [6.07, 6.45) is 10.5. The van der Waals surface area contributed by atoms with Crippen LogP contribution in [0.15, 0.2) is 35.3 Å². The molecule has 2 fully saturated rings. The largest absolute Gasteiger partial charge is 0.454 e. The summed E-state index contributed by atoms with van der Waals surface area (Å²) in [5.41, 5.74) is 0. The quantitative estimate of drug-likeness (QED) is 0.823. The molecule has 2 atom stereocenters. The van der Waals surface area contributed by atoms with Crippen LogP contribution in [0.5, 0.6) is 0 Å². The standard InChI is InChI=1S/C21H30N4O3/c26-15-18-13-25(12-17(18)11-23-8-3-1-2-4-9-23)21(27)20-6-5-19(28-20)14-24-10-7-22-16-24/h5-7,10,16-18,26H,1-4,8-9,11-15H2/t17-,18-/m1/s1. The van der Waals surface area contributed by atoms with Gasteiger partial charge < -0.3 is 23.9 Å². The van der Waals surface area contributed by atoms with E-state index in [4.69, 9.17) is 4.42 Å². The summed E-state index contributed by atoms with van der Waals surface area (Å²) >= 11 is 0. The van der Waals surface area contributed by atoms with Gasteiger partial charge in [-0.15, -0.1) is 0 Å². The zero-order valence-corrected chi connectivity index (χ0v) is 16.4. The number of hydrogen-bond donors (Lipinski definition) is 1. The Kier molecular flexibility index (Phi) is 6.12. The van der Waals surface area contributed by atoms with Crippen LogP contribution in [-0.4, -0.2) is 69.7 Å². The average Bonchev–Trinajstić information content (AvgIpc) is 3.42. The van der Waals surface area contributed by atoms with E-state index in [9.17, 15) is 9.90 Å². The summed E-state index contributed by atoms with van der Waals surface area (Å²) in [7, 11) is 0. The maximum Gasteiger partial charge on any atom is 0.289 e. The molecule has 2 aromatic rings. The third-order valence-corrected chi connectivity index (χ3v) is 6.06. The fourth-order valence-corrected chi connectivity index (χ4v) is 4.46. The van der Waals surface area contributed by atoms with Gasteiger partial charge in [-0.25, -0.2) is 4.98 Å². The Morgan fingerprint density at radius 1 is 1.14 bits per heavy atom. The van der Waals surface area contributed by atoms with Crippen LogP contribution >= 0.6 is 0 Å². The van der Waals surface area contributed by atoms with Crippen molar-refractivity contribution in [3.63, 3.8) is 0 Å². The third-order valence-electron chi connectivity index (χ3n) is 6.06. The Labute approximate surface area is 165 Å². The number of rotatable bonds is 6. The van der Waals surface area contributed by atoms with Crippen LogP contribution in [0.4, 0.5) is 0 Å². The Morgan fingerprint density at radius 3 is 2.64 bits per heavy atom. The maximum absolute atomic E-state index is 12.9. The topological polar surface area (TPSA) is 74.7 Å². The van der Waals surface area contributed by atoms with E-state index < -0.39 is 0 Å². The smallest absolute Gasteiger partial charge is 0.289 e. The number of amides is 1. The number of furan rings is 1. The molecule has 2 aromatic heterocycles. The van der Waals surface area contributed by atoms with E-state index in [1.54, 1.807) is 18.6 Å². The molecule has 1 amide bonds. The average molecular weight is 386 g/mol. The van der Waals surface area contributed by atoms with Gasteiger partial charge in [-0.1, -0.05) is 12.8 Å². The van der Waals surface area contributed by atoms with Crippen LogP contribution in [0.25, 0.3) is 0 Å². The molecule has 0 saturated carbocycles. The molecule has 0 spiro atoms. The van der Waals surface area contributed by atoms with Gasteiger partial charge in [-0.2, -0.15) is 0 Å². The van der Waals surface area contributed by atoms with E-state index >= 15 is 0 Å². The van der Waals surface area contributed by atoms with Crippen LogP contribution < -0.4 is 0 Å². The molecule has 2 aliphatic heterocycles. The highest BCUT2D eigenvalue weighted by atomic mass is 16.4. The molecule has 152 valence electrons. The first kappa shape index (κ1) is 19.2. The molecular weight excluding hydrogens is 356 g/mol. The normalized spacial score (nSPS) is 23.8. The van der Waals surface area contributed by atoms with Crippen molar-refractivity contribution in [1.82, 2.24) is 19.4 Å². The summed E-state index contributed by atoms with van der Waals surface area (Å²) in [6, 6.07) is 3.60. The molecule has 2 aliphatic rings. The Morgan fingerprint density at radius 2 is 1.93 bits per heavy atom. The molecule has 4 rings (SSSR count). The van der Waals surface area contributed by atoms with Crippen molar-refractivity contribution < 1.29 is 14.3 Å². The second-order valence-corrected chi connectivity index (χ2v) is 8.13. The zero-order chi connectivity index (χ0) is 19.3. The summed E-state index contributed by atoms with van der Waals surface area (Å²) in [4.78, 5) is 21.3. The van der Waals surface area contributed by atoms with E-state index in [0.29, 0.717) is 31.3 Å². The summed E-state index contributed by atoms with van der Waals surface area (Å²) in [5, 5.41) is 9.85. The van der Waals surface area contributed by atoms with Crippen molar-refractivity contribution in [2.45, 2.75) is 32.2 Å². The van der Waals surface area contributed by atoms with Crippen molar-refractivity contribution in [3.05, 3.63) is 42.4 Å². The van der Waals surface area contributed by atoms with E-state index in [-0.39, 0.29) is 18.4 Å². The lowest BCUT2D eigenvalue weighted by atomic mass is 9.96. The first-order chi connectivity index (χ1) is 13.7. The number of nitrogens with zero attached hydrogens (tertiary/aromatic N) is 4. The number of hydrogen-bond acceptors (Lipinski definition) is 5. The summed E-state index contributed by atoms with van der Waals surface area (Å²) < 4.78 is 7.69. The number of imidazole rings is 1. The predicted molar refractivity (Wildman–Crippen MR) is 105 cm³/mol. The van der Waals surface area contributed by atoms with E-state index in [1.807, 2.05) is 21.7 Å². The lowest BCUT2D eigenvalue weighted by molar-refractivity contribution is 0.0745. The van der Waals surface area contributed by atoms with Gasteiger partial charge in [0.25, 0.3) is 5.91 Å². The fourth-order valence-electron chi connectivity index (χ4n) is 4.46. The number of carbonyl (C=O) groups is 1. The molecule has 2 saturated heterocycles. The van der Waals surface area contributed by atoms with Gasteiger partial charge in [0.15, 0.2) is 5.76 Å². The molecule has 4 heterocycles. The van der Waals surface area contributed by atoms with Crippen molar-refractivity contribution in [3.8, 4) is 0 Å². The molecule has 0 aromatic carbocycles. The van der Waals surface area contributed by atoms with E-state index in [2.05, 4.69) is 9.88 Å². The maximum atomic E-state index is 12.9. The third kappa shape index (κ3) is 4.47. The lowest BCUT2D eigenvalue weighted by Crippen LogP contribution is -2.35. The van der Waals surface area contributed by atoms with Crippen LogP contribution in [0.1, 0.15) is 42.0 Å². The molecule has 0 bridgehead atoms. The highest BCUT2D eigenvalue weighted by molar-refractivity contribution is 5.91. The predicted octanol–water partition coefficient (Wildman–Crippen LogP) is 2.08. The monoisotopic (exact) mass is 386 g/mol. The minimum absolute atomic E-state index is 0.0753. The Hall–Kier alpha value is -2.12. The first-order valence-corrected chi connectivity index (χ1v) is 10.4. The van der Waals surface area contributed by atoms with Gasteiger partial charge in [0, 0.05) is 44.6 Å². The first-order valence-electron chi connectivity index (χ1n) is 10.4. The molecule has 28 heavy (non-hydrogen) atoms. The molecule has 0 radical (unpaired) electrons. The van der Waals surface area contributed by atoms with Crippen LogP contribution in [0.2, 0.25) is 0 Å². The van der Waals surface area contributed by atoms with Crippen molar-refractivity contribution in [2.75, 3.05) is 39.3 Å². The van der Waals surface area contributed by atoms with E-state index in [1.165, 1.54) is 25.7 Å². The fraction of sp³-hybridized carbons (Fsp3) is 0.619. The van der Waals surface area contributed by atoms with Crippen molar-refractivity contribution >= 4 is 5.91 Å². The second kappa shape index (κ2) is 8.92. The number of carbonyl (C=O) groups excluding carboxylic acids is 1. The number of aromatic nitrogens is 2. The number of aliphatic hydroxyl groups excluding tert-OH is 1. The van der Waals surface area contributed by atoms with Gasteiger partial charge in [-0.3, -0.25) is 4.79 Å². The second-order valence-electron chi connectivity index (χ2n) is 8.13. The number of aliphatic hydroxyl groups is 1. The lowest BCUT2D eigenvalue weighted by Gasteiger charge is -2.26. The number of likely N-dealkylation sites (tertiary alicyclic amines) is 2. The highest BCUT2D eigenvalue weighted by Crippen LogP contribution is 2.27. The van der Waals surface area contributed by atoms with Gasteiger partial charge in [-0.05, 0) is 44.0 Å². The van der Waals surface area contributed by atoms with Crippen LogP contribution in [0.3, 0.4) is 0 Å². The van der Waals surface area contributed by atoms with Crippen molar-refractivity contribution in [1.29, 1.82) is 0 Å². The van der Waals surface area contributed by atoms with Crippen LogP contribution in [0, 0.1) is 11.8 Å². The molecule has 7 heteroatoms.